The Morgan fingerprint density at radius 3 is 1.55 bits per heavy atom. The number of anilines is 2. The summed E-state index contributed by atoms with van der Waals surface area (Å²) in [5, 5.41) is 6.33. The number of carbonyl (C=O) groups excluding carboxylic acids is 2. The van der Waals surface area contributed by atoms with E-state index >= 15 is 0 Å². The highest BCUT2D eigenvalue weighted by molar-refractivity contribution is 9.09. The van der Waals surface area contributed by atoms with E-state index in [2.05, 4.69) is 66.8 Å². The molecule has 0 heterocycles. The van der Waals surface area contributed by atoms with Crippen LogP contribution in [0.4, 0.5) is 11.4 Å². The van der Waals surface area contributed by atoms with Crippen molar-refractivity contribution in [3.05, 3.63) is 59.7 Å². The van der Waals surface area contributed by atoms with E-state index in [0.29, 0.717) is 11.8 Å². The molecular formula is C23H26Br2N2O2. The summed E-state index contributed by atoms with van der Waals surface area (Å²) in [5.74, 6) is 0.817. The van der Waals surface area contributed by atoms with Crippen LogP contribution in [-0.4, -0.2) is 22.5 Å². The van der Waals surface area contributed by atoms with Gasteiger partial charge in [-0.3, -0.25) is 9.59 Å². The molecule has 1 aliphatic rings. The van der Waals surface area contributed by atoms with Crippen molar-refractivity contribution in [3.8, 4) is 0 Å². The molecule has 0 aliphatic heterocycles. The molecule has 154 valence electrons. The van der Waals surface area contributed by atoms with Crippen molar-refractivity contribution in [2.24, 2.45) is 5.92 Å². The average Bonchev–Trinajstić information content (AvgIpc) is 2.77. The van der Waals surface area contributed by atoms with Gasteiger partial charge in [0.15, 0.2) is 0 Å². The number of rotatable bonds is 7. The van der Waals surface area contributed by atoms with Gasteiger partial charge in [0, 0.05) is 17.3 Å². The number of amides is 2. The minimum absolute atomic E-state index is 0.0531. The summed E-state index contributed by atoms with van der Waals surface area (Å²) < 4.78 is 0. The van der Waals surface area contributed by atoms with Crippen molar-refractivity contribution in [2.45, 2.75) is 38.0 Å². The third kappa shape index (κ3) is 6.16. The first kappa shape index (κ1) is 22.0. The Bertz CT molecular complexity index is 754. The highest BCUT2D eigenvalue weighted by Crippen LogP contribution is 2.41. The van der Waals surface area contributed by atoms with Crippen LogP contribution in [0.15, 0.2) is 48.5 Å². The molecule has 2 N–H and O–H groups in total. The molecule has 2 aromatic rings. The van der Waals surface area contributed by atoms with Crippen LogP contribution in [0.2, 0.25) is 0 Å². The summed E-state index contributed by atoms with van der Waals surface area (Å²) in [6.07, 6.45) is 6.34. The van der Waals surface area contributed by atoms with Crippen LogP contribution in [0.3, 0.4) is 0 Å². The van der Waals surface area contributed by atoms with Gasteiger partial charge in [0.2, 0.25) is 11.8 Å². The van der Waals surface area contributed by atoms with Gasteiger partial charge < -0.3 is 10.6 Å². The van der Waals surface area contributed by atoms with Gasteiger partial charge >= 0.3 is 0 Å². The molecule has 6 heteroatoms. The smallest absolute Gasteiger partial charge is 0.235 e. The molecule has 0 radical (unpaired) electrons. The molecule has 4 nitrogen and oxygen atoms in total. The second kappa shape index (κ2) is 10.9. The van der Waals surface area contributed by atoms with E-state index in [-0.39, 0.29) is 22.5 Å². The lowest BCUT2D eigenvalue weighted by molar-refractivity contribution is -0.114. The van der Waals surface area contributed by atoms with E-state index in [1.807, 2.05) is 24.3 Å². The lowest BCUT2D eigenvalue weighted by Gasteiger charge is -2.31. The highest BCUT2D eigenvalue weighted by Gasteiger charge is 2.26. The van der Waals surface area contributed by atoms with Crippen molar-refractivity contribution < 1.29 is 9.59 Å². The summed E-state index contributed by atoms with van der Waals surface area (Å²) in [6.45, 7) is 0. The van der Waals surface area contributed by atoms with E-state index in [0.717, 1.165) is 11.4 Å². The molecule has 2 amide bonds. The molecule has 0 unspecified atom stereocenters. The fourth-order valence-electron chi connectivity index (χ4n) is 4.14. The van der Waals surface area contributed by atoms with Crippen molar-refractivity contribution in [3.63, 3.8) is 0 Å². The van der Waals surface area contributed by atoms with Crippen LogP contribution in [0.25, 0.3) is 0 Å². The largest absolute Gasteiger partial charge is 0.325 e. The van der Waals surface area contributed by atoms with E-state index in [9.17, 15) is 9.59 Å². The summed E-state index contributed by atoms with van der Waals surface area (Å²) in [6, 6.07) is 16.4. The number of benzene rings is 2. The lowest BCUT2D eigenvalue weighted by Crippen LogP contribution is -2.18. The van der Waals surface area contributed by atoms with E-state index in [1.54, 1.807) is 0 Å². The van der Waals surface area contributed by atoms with Crippen molar-refractivity contribution in [1.29, 1.82) is 0 Å². The highest BCUT2D eigenvalue weighted by atomic mass is 79.9. The summed E-state index contributed by atoms with van der Waals surface area (Å²) in [7, 11) is 0. The standard InChI is InChI=1S/C23H26Br2N2O2/c24-14-21(28)26-19-10-6-17(7-11-19)23(16-4-2-1-3-5-16)18-8-12-20(13-9-18)27-22(29)15-25/h6-13,16,23H,1-5,14-15H2,(H,26,28)(H,27,29). The van der Waals surface area contributed by atoms with Gasteiger partial charge in [0.05, 0.1) is 10.7 Å². The quantitative estimate of drug-likeness (QED) is 0.434. The van der Waals surface area contributed by atoms with Crippen molar-refractivity contribution in [2.75, 3.05) is 21.3 Å². The van der Waals surface area contributed by atoms with Crippen LogP contribution >= 0.6 is 31.9 Å². The Morgan fingerprint density at radius 2 is 1.17 bits per heavy atom. The second-order valence-electron chi connectivity index (χ2n) is 7.48. The molecule has 1 aliphatic carbocycles. The van der Waals surface area contributed by atoms with Gasteiger partial charge in [-0.05, 0) is 54.2 Å². The second-order valence-corrected chi connectivity index (χ2v) is 8.60. The lowest BCUT2D eigenvalue weighted by atomic mass is 9.73. The van der Waals surface area contributed by atoms with Crippen LogP contribution < -0.4 is 10.6 Å². The molecule has 0 saturated heterocycles. The molecular weight excluding hydrogens is 496 g/mol. The predicted octanol–water partition coefficient (Wildman–Crippen LogP) is 6.07. The Balaban J connectivity index is 1.85. The fourth-order valence-corrected chi connectivity index (χ4v) is 4.42. The Hall–Kier alpha value is -1.66. The number of halogens is 2. The van der Waals surface area contributed by atoms with Crippen molar-refractivity contribution in [1.82, 2.24) is 0 Å². The number of carbonyl (C=O) groups is 2. The van der Waals surface area contributed by atoms with Crippen molar-refractivity contribution >= 4 is 55.0 Å². The molecule has 3 rings (SSSR count). The van der Waals surface area contributed by atoms with Crippen LogP contribution in [0, 0.1) is 5.92 Å². The predicted molar refractivity (Wildman–Crippen MR) is 126 cm³/mol. The van der Waals surface area contributed by atoms with E-state index in [1.165, 1.54) is 43.2 Å². The minimum Gasteiger partial charge on any atom is -0.325 e. The normalized spacial score (nSPS) is 14.6. The molecule has 0 spiro atoms. The third-order valence-corrected chi connectivity index (χ3v) is 6.49. The maximum Gasteiger partial charge on any atom is 0.235 e. The summed E-state index contributed by atoms with van der Waals surface area (Å²) in [5.41, 5.74) is 4.17. The Kier molecular flexibility index (Phi) is 8.30. The monoisotopic (exact) mass is 520 g/mol. The zero-order valence-corrected chi connectivity index (χ0v) is 19.5. The zero-order chi connectivity index (χ0) is 20.6. The Morgan fingerprint density at radius 1 is 0.759 bits per heavy atom. The molecule has 1 fully saturated rings. The van der Waals surface area contributed by atoms with Gasteiger partial charge in [-0.25, -0.2) is 0 Å². The number of hydrogen-bond acceptors (Lipinski definition) is 2. The van der Waals surface area contributed by atoms with Gasteiger partial charge in [-0.15, -0.1) is 0 Å². The average molecular weight is 522 g/mol. The SMILES string of the molecule is O=C(CBr)Nc1ccc(C(c2ccc(NC(=O)CBr)cc2)C2CCCCC2)cc1. The zero-order valence-electron chi connectivity index (χ0n) is 16.3. The summed E-state index contributed by atoms with van der Waals surface area (Å²) in [4.78, 5) is 23.2. The van der Waals surface area contributed by atoms with Gasteiger partial charge in [-0.2, -0.15) is 0 Å². The molecule has 0 atom stereocenters. The first-order valence-electron chi connectivity index (χ1n) is 10.0. The van der Waals surface area contributed by atoms with Crippen LogP contribution in [-0.2, 0) is 9.59 Å². The maximum absolute atomic E-state index is 11.6. The fraction of sp³-hybridized carbons (Fsp3) is 0.391. The topological polar surface area (TPSA) is 58.2 Å². The van der Waals surface area contributed by atoms with Crippen LogP contribution in [0.5, 0.6) is 0 Å². The Labute approximate surface area is 189 Å². The van der Waals surface area contributed by atoms with Crippen LogP contribution in [0.1, 0.15) is 49.1 Å². The van der Waals surface area contributed by atoms with E-state index < -0.39 is 0 Å². The number of nitrogens with one attached hydrogen (secondary N) is 2. The molecule has 1 saturated carbocycles. The first-order valence-corrected chi connectivity index (χ1v) is 12.3. The minimum atomic E-state index is -0.0531. The first-order chi connectivity index (χ1) is 14.1. The third-order valence-electron chi connectivity index (χ3n) is 5.47. The summed E-state index contributed by atoms with van der Waals surface area (Å²) >= 11 is 6.35. The van der Waals surface area contributed by atoms with Gasteiger partial charge in [0.1, 0.15) is 0 Å². The van der Waals surface area contributed by atoms with E-state index in [4.69, 9.17) is 0 Å². The number of hydrogen-bond donors (Lipinski definition) is 2. The van der Waals surface area contributed by atoms with Gasteiger partial charge in [0.25, 0.3) is 0 Å². The molecule has 0 bridgehead atoms. The molecule has 29 heavy (non-hydrogen) atoms. The molecule has 0 aromatic heterocycles. The maximum atomic E-state index is 11.6. The molecule has 2 aromatic carbocycles. The number of alkyl halides is 2. The van der Waals surface area contributed by atoms with Gasteiger partial charge in [-0.1, -0.05) is 75.4 Å².